The molecule has 0 amide bonds. The minimum absolute atomic E-state index is 0.0736. The van der Waals surface area contributed by atoms with E-state index in [1.165, 1.54) is 6.08 Å². The van der Waals surface area contributed by atoms with Crippen LogP contribution in [0.2, 0.25) is 0 Å². The summed E-state index contributed by atoms with van der Waals surface area (Å²) >= 11 is 0. The molecular weight excluding hydrogens is 528 g/mol. The molecule has 0 unspecified atom stereocenters. The van der Waals surface area contributed by atoms with Crippen LogP contribution in [0.5, 0.6) is 0 Å². The lowest BCUT2D eigenvalue weighted by atomic mass is 9.77. The summed E-state index contributed by atoms with van der Waals surface area (Å²) in [6, 6.07) is 8.39. The molecule has 9 nitrogen and oxygen atoms in total. The molecule has 0 atom stereocenters. The van der Waals surface area contributed by atoms with Gasteiger partial charge in [0.25, 0.3) is 0 Å². The van der Waals surface area contributed by atoms with E-state index in [2.05, 4.69) is 48.3 Å². The monoisotopic (exact) mass is 572 g/mol. The summed E-state index contributed by atoms with van der Waals surface area (Å²) in [5.41, 5.74) is 3.91. The number of aromatic nitrogens is 4. The second-order valence-electron chi connectivity index (χ2n) is 12.4. The van der Waals surface area contributed by atoms with Crippen LogP contribution in [0, 0.1) is 11.8 Å². The molecule has 2 fully saturated rings. The highest BCUT2D eigenvalue weighted by Crippen LogP contribution is 2.32. The fourth-order valence-electron chi connectivity index (χ4n) is 6.32. The summed E-state index contributed by atoms with van der Waals surface area (Å²) in [5, 5.41) is 21.4. The SMILES string of the molecule is C=CC(=O)CC1CCC(C(=O)Cc2cccc(CNc3nc(NC4CCC(O)CC4)nc4c(C(C)C)cnn34)c2)CC1. The summed E-state index contributed by atoms with van der Waals surface area (Å²) in [6.07, 6.45) is 10.9. The molecule has 1 aromatic carbocycles. The molecule has 0 bridgehead atoms. The Labute approximate surface area is 248 Å². The average molecular weight is 573 g/mol. The van der Waals surface area contributed by atoms with Gasteiger partial charge in [-0.05, 0) is 80.4 Å². The predicted molar refractivity (Wildman–Crippen MR) is 165 cm³/mol. The van der Waals surface area contributed by atoms with Crippen LogP contribution in [-0.4, -0.2) is 48.4 Å². The van der Waals surface area contributed by atoms with Crippen LogP contribution >= 0.6 is 0 Å². The number of benzene rings is 1. The zero-order chi connectivity index (χ0) is 29.6. The number of allylic oxidation sites excluding steroid dienone is 1. The molecule has 9 heteroatoms. The van der Waals surface area contributed by atoms with Crippen molar-refractivity contribution in [2.75, 3.05) is 10.6 Å². The van der Waals surface area contributed by atoms with Crippen molar-refractivity contribution < 1.29 is 14.7 Å². The molecule has 2 heterocycles. The maximum absolute atomic E-state index is 13.1. The Kier molecular flexibility index (Phi) is 9.67. The van der Waals surface area contributed by atoms with Gasteiger partial charge in [-0.2, -0.15) is 19.6 Å². The summed E-state index contributed by atoms with van der Waals surface area (Å²) in [5.74, 6) is 2.28. The van der Waals surface area contributed by atoms with E-state index < -0.39 is 0 Å². The van der Waals surface area contributed by atoms with Gasteiger partial charge < -0.3 is 15.7 Å². The van der Waals surface area contributed by atoms with Gasteiger partial charge in [-0.15, -0.1) is 0 Å². The Balaban J connectivity index is 1.24. The van der Waals surface area contributed by atoms with Gasteiger partial charge in [-0.25, -0.2) is 0 Å². The molecule has 5 rings (SSSR count). The van der Waals surface area contributed by atoms with Crippen LogP contribution in [0.15, 0.2) is 43.1 Å². The van der Waals surface area contributed by atoms with E-state index in [0.717, 1.165) is 73.7 Å². The zero-order valence-corrected chi connectivity index (χ0v) is 24.9. The van der Waals surface area contributed by atoms with Gasteiger partial charge in [0, 0.05) is 36.9 Å². The number of nitrogens with one attached hydrogen (secondary N) is 2. The number of carbonyl (C=O) groups is 2. The van der Waals surface area contributed by atoms with E-state index >= 15 is 0 Å². The number of Topliss-reactive ketones (excluding diaryl/α,β-unsaturated/α-hetero) is 1. The maximum atomic E-state index is 13.1. The maximum Gasteiger partial charge on any atom is 0.229 e. The predicted octanol–water partition coefficient (Wildman–Crippen LogP) is 5.64. The van der Waals surface area contributed by atoms with Crippen LogP contribution in [-0.2, 0) is 22.6 Å². The van der Waals surface area contributed by atoms with E-state index in [-0.39, 0.29) is 35.5 Å². The van der Waals surface area contributed by atoms with Crippen LogP contribution in [0.1, 0.15) is 94.2 Å². The number of carbonyl (C=O) groups excluding carboxylic acids is 2. The van der Waals surface area contributed by atoms with E-state index in [1.807, 2.05) is 18.3 Å². The molecule has 2 aliphatic rings. The van der Waals surface area contributed by atoms with Crippen molar-refractivity contribution in [1.29, 1.82) is 0 Å². The Bertz CT molecular complexity index is 1400. The van der Waals surface area contributed by atoms with Crippen LogP contribution in [0.25, 0.3) is 5.65 Å². The highest BCUT2D eigenvalue weighted by atomic mass is 16.3. The van der Waals surface area contributed by atoms with Crippen molar-refractivity contribution in [2.45, 2.75) is 103 Å². The topological polar surface area (TPSA) is 122 Å². The Morgan fingerprint density at radius 2 is 1.81 bits per heavy atom. The molecule has 0 saturated heterocycles. The van der Waals surface area contributed by atoms with E-state index in [0.29, 0.717) is 37.2 Å². The highest BCUT2D eigenvalue weighted by molar-refractivity contribution is 5.89. The molecule has 0 aliphatic heterocycles. The van der Waals surface area contributed by atoms with Gasteiger partial charge in [0.15, 0.2) is 11.4 Å². The van der Waals surface area contributed by atoms with Crippen molar-refractivity contribution in [3.05, 3.63) is 59.8 Å². The minimum atomic E-state index is -0.216. The highest BCUT2D eigenvalue weighted by Gasteiger charge is 2.27. The van der Waals surface area contributed by atoms with Gasteiger partial charge in [0.05, 0.1) is 12.3 Å². The second kappa shape index (κ2) is 13.6. The first-order valence-corrected chi connectivity index (χ1v) is 15.5. The average Bonchev–Trinajstić information content (AvgIpc) is 3.42. The Morgan fingerprint density at radius 3 is 2.52 bits per heavy atom. The van der Waals surface area contributed by atoms with Crippen LogP contribution in [0.4, 0.5) is 11.9 Å². The summed E-state index contributed by atoms with van der Waals surface area (Å²) in [6.45, 7) is 8.36. The van der Waals surface area contributed by atoms with E-state index in [1.54, 1.807) is 4.52 Å². The van der Waals surface area contributed by atoms with Gasteiger partial charge in [0.1, 0.15) is 5.78 Å². The summed E-state index contributed by atoms with van der Waals surface area (Å²) in [4.78, 5) is 34.4. The number of aliphatic hydroxyl groups excluding tert-OH is 1. The third-order valence-electron chi connectivity index (χ3n) is 8.89. The number of ketones is 2. The molecule has 42 heavy (non-hydrogen) atoms. The fourth-order valence-corrected chi connectivity index (χ4v) is 6.32. The van der Waals surface area contributed by atoms with Gasteiger partial charge in [-0.3, -0.25) is 9.59 Å². The lowest BCUT2D eigenvalue weighted by Crippen LogP contribution is -2.29. The fraction of sp³-hybridized carbons (Fsp3) is 0.545. The van der Waals surface area contributed by atoms with Crippen molar-refractivity contribution in [2.24, 2.45) is 11.8 Å². The van der Waals surface area contributed by atoms with E-state index in [9.17, 15) is 14.7 Å². The van der Waals surface area contributed by atoms with Crippen molar-refractivity contribution in [3.63, 3.8) is 0 Å². The lowest BCUT2D eigenvalue weighted by molar-refractivity contribution is -0.123. The van der Waals surface area contributed by atoms with E-state index in [4.69, 9.17) is 9.97 Å². The standard InChI is InChI=1S/C33H44N6O3/c1-4-27(40)17-22-8-10-25(11-9-22)30(42)18-23-6-5-7-24(16-23)19-34-33-38-32(36-26-12-14-28(41)15-13-26)37-31-29(21(2)3)20-35-39(31)33/h4-7,16,20-22,25-26,28,41H,1,8-15,17-19H2,2-3H3,(H2,34,36,37,38). The number of aliphatic hydroxyl groups is 1. The molecule has 0 spiro atoms. The van der Waals surface area contributed by atoms with Gasteiger partial charge >= 0.3 is 0 Å². The summed E-state index contributed by atoms with van der Waals surface area (Å²) < 4.78 is 1.76. The number of nitrogens with zero attached hydrogens (tertiary/aromatic N) is 4. The first-order chi connectivity index (χ1) is 20.3. The largest absolute Gasteiger partial charge is 0.393 e. The Hall–Kier alpha value is -3.59. The molecular formula is C33H44N6O3. The minimum Gasteiger partial charge on any atom is -0.393 e. The smallest absolute Gasteiger partial charge is 0.229 e. The summed E-state index contributed by atoms with van der Waals surface area (Å²) in [7, 11) is 0. The quantitative estimate of drug-likeness (QED) is 0.239. The molecule has 0 radical (unpaired) electrons. The normalized spacial score (nSPS) is 22.7. The lowest BCUT2D eigenvalue weighted by Gasteiger charge is -2.27. The van der Waals surface area contributed by atoms with Crippen molar-refractivity contribution in [1.82, 2.24) is 19.6 Å². The zero-order valence-electron chi connectivity index (χ0n) is 24.9. The molecule has 3 aromatic rings. The molecule has 2 aromatic heterocycles. The number of anilines is 2. The third kappa shape index (κ3) is 7.43. The number of rotatable bonds is 12. The van der Waals surface area contributed by atoms with Gasteiger partial charge in [-0.1, -0.05) is 44.7 Å². The third-order valence-corrected chi connectivity index (χ3v) is 8.89. The number of hydrogen-bond acceptors (Lipinski definition) is 8. The van der Waals surface area contributed by atoms with Crippen molar-refractivity contribution in [3.8, 4) is 0 Å². The van der Waals surface area contributed by atoms with Gasteiger partial charge in [0.2, 0.25) is 11.9 Å². The molecule has 3 N–H and O–H groups in total. The van der Waals surface area contributed by atoms with Crippen LogP contribution < -0.4 is 10.6 Å². The molecule has 224 valence electrons. The molecule has 2 saturated carbocycles. The first-order valence-electron chi connectivity index (χ1n) is 15.5. The second-order valence-corrected chi connectivity index (χ2v) is 12.4. The first kappa shape index (κ1) is 29.9. The van der Waals surface area contributed by atoms with Crippen LogP contribution in [0.3, 0.4) is 0 Å². The molecule has 2 aliphatic carbocycles. The Morgan fingerprint density at radius 1 is 1.07 bits per heavy atom. The number of fused-ring (bicyclic) bond motifs is 1. The number of hydrogen-bond donors (Lipinski definition) is 3. The van der Waals surface area contributed by atoms with Crippen molar-refractivity contribution >= 4 is 29.1 Å².